The first-order chi connectivity index (χ1) is 7.77. The molecule has 0 aromatic heterocycles. The molecule has 0 bridgehead atoms. The molecule has 0 aliphatic heterocycles. The summed E-state index contributed by atoms with van der Waals surface area (Å²) >= 11 is 0. The highest BCUT2D eigenvalue weighted by molar-refractivity contribution is 8.93. The van der Waals surface area contributed by atoms with E-state index in [0.29, 0.717) is 0 Å². The maximum absolute atomic E-state index is 2.29. The first-order valence-electron chi connectivity index (χ1n) is 7.42. The van der Waals surface area contributed by atoms with Crippen LogP contribution < -0.4 is 0 Å². The lowest BCUT2D eigenvalue weighted by Gasteiger charge is -2.08. The van der Waals surface area contributed by atoms with Crippen molar-refractivity contribution in [1.29, 1.82) is 0 Å². The van der Waals surface area contributed by atoms with Crippen LogP contribution in [0.4, 0.5) is 0 Å². The van der Waals surface area contributed by atoms with E-state index in [0.717, 1.165) is 0 Å². The molecule has 0 heterocycles. The van der Waals surface area contributed by atoms with E-state index in [-0.39, 0.29) is 17.0 Å². The number of unbranched alkanes of at least 4 members (excludes halogenated alkanes) is 10. The van der Waals surface area contributed by atoms with Gasteiger partial charge in [-0.15, -0.1) is 17.0 Å². The molecule has 0 N–H and O–H groups in total. The fourth-order valence-electron chi connectivity index (χ4n) is 2.09. The smallest absolute Gasteiger partial charge is 0.00248 e. The number of hydrogen-bond acceptors (Lipinski definition) is 1. The van der Waals surface area contributed by atoms with Crippen LogP contribution in [0.5, 0.6) is 0 Å². The van der Waals surface area contributed by atoms with Gasteiger partial charge in [-0.3, -0.25) is 0 Å². The second kappa shape index (κ2) is 16.4. The van der Waals surface area contributed by atoms with Crippen LogP contribution in [-0.4, -0.2) is 25.5 Å². The minimum Gasteiger partial charge on any atom is -0.309 e. The van der Waals surface area contributed by atoms with Crippen molar-refractivity contribution in [3.63, 3.8) is 0 Å². The summed E-state index contributed by atoms with van der Waals surface area (Å²) in [7, 11) is 4.33. The molecule has 0 aliphatic rings. The highest BCUT2D eigenvalue weighted by Gasteiger charge is 1.93. The fourth-order valence-corrected chi connectivity index (χ4v) is 2.09. The van der Waals surface area contributed by atoms with E-state index in [1.165, 1.54) is 77.2 Å². The minimum atomic E-state index is 0. The Morgan fingerprint density at radius 3 is 1.29 bits per heavy atom. The van der Waals surface area contributed by atoms with Crippen molar-refractivity contribution in [2.24, 2.45) is 0 Å². The van der Waals surface area contributed by atoms with Crippen molar-refractivity contribution in [3.05, 3.63) is 0 Å². The Balaban J connectivity index is 0. The molecule has 0 aliphatic carbocycles. The Labute approximate surface area is 120 Å². The van der Waals surface area contributed by atoms with Gasteiger partial charge in [0.2, 0.25) is 0 Å². The van der Waals surface area contributed by atoms with Crippen LogP contribution in [0.3, 0.4) is 0 Å². The van der Waals surface area contributed by atoms with E-state index < -0.39 is 0 Å². The molecule has 2 heteroatoms. The summed E-state index contributed by atoms with van der Waals surface area (Å²) in [6.45, 7) is 3.55. The maximum Gasteiger partial charge on any atom is -0.00248 e. The van der Waals surface area contributed by atoms with Crippen LogP contribution in [-0.2, 0) is 0 Å². The van der Waals surface area contributed by atoms with Crippen LogP contribution in [0.2, 0.25) is 0 Å². The highest BCUT2D eigenvalue weighted by Crippen LogP contribution is 2.11. The molecule has 0 amide bonds. The van der Waals surface area contributed by atoms with E-state index in [1.807, 2.05) is 0 Å². The lowest BCUT2D eigenvalue weighted by Crippen LogP contribution is -2.12. The van der Waals surface area contributed by atoms with Gasteiger partial charge in [-0.2, -0.15) is 0 Å². The van der Waals surface area contributed by atoms with Crippen molar-refractivity contribution in [3.8, 4) is 0 Å². The van der Waals surface area contributed by atoms with Gasteiger partial charge < -0.3 is 4.90 Å². The third-order valence-electron chi connectivity index (χ3n) is 3.21. The molecule has 0 rings (SSSR count). The number of hydrogen-bond donors (Lipinski definition) is 0. The second-order valence-electron chi connectivity index (χ2n) is 5.34. The molecule has 17 heavy (non-hydrogen) atoms. The van der Waals surface area contributed by atoms with E-state index in [9.17, 15) is 0 Å². The molecule has 0 saturated heterocycles. The molecule has 0 aromatic carbocycles. The zero-order valence-electron chi connectivity index (χ0n) is 12.3. The van der Waals surface area contributed by atoms with Gasteiger partial charge in [0, 0.05) is 0 Å². The standard InChI is InChI=1S/C15H33N.BrH/c1-4-5-6-7-8-9-10-11-12-13-14-15-16(2)3;/h4-15H2,1-3H3;1H. The van der Waals surface area contributed by atoms with Gasteiger partial charge in [-0.05, 0) is 27.1 Å². The van der Waals surface area contributed by atoms with E-state index >= 15 is 0 Å². The van der Waals surface area contributed by atoms with Gasteiger partial charge in [0.1, 0.15) is 0 Å². The maximum atomic E-state index is 2.29. The van der Waals surface area contributed by atoms with Gasteiger partial charge >= 0.3 is 0 Å². The zero-order chi connectivity index (χ0) is 12.1. The lowest BCUT2D eigenvalue weighted by molar-refractivity contribution is 0.389. The van der Waals surface area contributed by atoms with E-state index in [2.05, 4.69) is 25.9 Å². The van der Waals surface area contributed by atoms with Crippen LogP contribution in [0.25, 0.3) is 0 Å². The Hall–Kier alpha value is 0.440. The highest BCUT2D eigenvalue weighted by atomic mass is 79.9. The molecule has 106 valence electrons. The Bertz CT molecular complexity index is 126. The molecule has 0 fully saturated rings. The van der Waals surface area contributed by atoms with Crippen LogP contribution in [0, 0.1) is 0 Å². The van der Waals surface area contributed by atoms with E-state index in [4.69, 9.17) is 0 Å². The third-order valence-corrected chi connectivity index (χ3v) is 3.21. The fraction of sp³-hybridized carbons (Fsp3) is 1.00. The Morgan fingerprint density at radius 1 is 0.588 bits per heavy atom. The van der Waals surface area contributed by atoms with E-state index in [1.54, 1.807) is 0 Å². The summed E-state index contributed by atoms with van der Waals surface area (Å²) in [5, 5.41) is 0. The van der Waals surface area contributed by atoms with Gasteiger partial charge in [-0.1, -0.05) is 71.1 Å². The van der Waals surface area contributed by atoms with Gasteiger partial charge in [0.05, 0.1) is 0 Å². The average Bonchev–Trinajstić information content (AvgIpc) is 2.25. The van der Waals surface area contributed by atoms with Crippen molar-refractivity contribution in [2.75, 3.05) is 20.6 Å². The number of halogens is 1. The summed E-state index contributed by atoms with van der Waals surface area (Å²) in [6, 6.07) is 0. The van der Waals surface area contributed by atoms with Crippen LogP contribution in [0.1, 0.15) is 77.6 Å². The predicted octanol–water partition coefficient (Wildman–Crippen LogP) is 5.44. The number of nitrogens with zero attached hydrogens (tertiary/aromatic N) is 1. The molecule has 0 radical (unpaired) electrons. The van der Waals surface area contributed by atoms with Crippen LogP contribution >= 0.6 is 17.0 Å². The molecule has 0 spiro atoms. The summed E-state index contributed by atoms with van der Waals surface area (Å²) in [6.07, 6.45) is 15.8. The SMILES string of the molecule is Br.CCCCCCCCCCCCCN(C)C. The summed E-state index contributed by atoms with van der Waals surface area (Å²) in [5.74, 6) is 0. The Morgan fingerprint density at radius 2 is 0.941 bits per heavy atom. The van der Waals surface area contributed by atoms with Crippen LogP contribution in [0.15, 0.2) is 0 Å². The molecule has 0 atom stereocenters. The molecule has 0 unspecified atom stereocenters. The average molecular weight is 308 g/mol. The topological polar surface area (TPSA) is 3.24 Å². The molecule has 0 aromatic rings. The predicted molar refractivity (Wildman–Crippen MR) is 85.3 cm³/mol. The summed E-state index contributed by atoms with van der Waals surface area (Å²) in [5.41, 5.74) is 0. The first kappa shape index (κ1) is 19.8. The minimum absolute atomic E-state index is 0. The quantitative estimate of drug-likeness (QED) is 0.434. The van der Waals surface area contributed by atoms with Gasteiger partial charge in [-0.25, -0.2) is 0 Å². The van der Waals surface area contributed by atoms with Crippen molar-refractivity contribution >= 4 is 17.0 Å². The molecular formula is C15H34BrN. The molecular weight excluding hydrogens is 274 g/mol. The summed E-state index contributed by atoms with van der Waals surface area (Å²) in [4.78, 5) is 2.29. The molecule has 0 saturated carbocycles. The first-order valence-corrected chi connectivity index (χ1v) is 7.42. The largest absolute Gasteiger partial charge is 0.309 e. The van der Waals surface area contributed by atoms with Gasteiger partial charge in [0.15, 0.2) is 0 Å². The van der Waals surface area contributed by atoms with Crippen molar-refractivity contribution in [2.45, 2.75) is 77.6 Å². The zero-order valence-corrected chi connectivity index (χ0v) is 14.1. The summed E-state index contributed by atoms with van der Waals surface area (Å²) < 4.78 is 0. The molecule has 1 nitrogen and oxygen atoms in total. The normalized spacial score (nSPS) is 10.6. The van der Waals surface area contributed by atoms with Crippen molar-refractivity contribution < 1.29 is 0 Å². The second-order valence-corrected chi connectivity index (χ2v) is 5.34. The monoisotopic (exact) mass is 307 g/mol. The van der Waals surface area contributed by atoms with Gasteiger partial charge in [0.25, 0.3) is 0 Å². The third kappa shape index (κ3) is 19.0. The Kier molecular flexibility index (Phi) is 19.1. The number of rotatable bonds is 12. The van der Waals surface area contributed by atoms with Crippen molar-refractivity contribution in [1.82, 2.24) is 4.90 Å². The lowest BCUT2D eigenvalue weighted by atomic mass is 10.1.